The summed E-state index contributed by atoms with van der Waals surface area (Å²) in [5.41, 5.74) is -3.67. The molecule has 0 aromatic heterocycles. The first-order chi connectivity index (χ1) is 8.42. The van der Waals surface area contributed by atoms with Crippen LogP contribution in [0.15, 0.2) is 29.2 Å². The number of alkyl halides is 3. The zero-order valence-electron chi connectivity index (χ0n) is 9.79. The molecule has 0 radical (unpaired) electrons. The predicted octanol–water partition coefficient (Wildman–Crippen LogP) is 4.14. The molecule has 1 nitrogen and oxygen atoms in total. The molecular formula is C13H13F3OS. The lowest BCUT2D eigenvalue weighted by atomic mass is 10.1. The molecule has 1 aromatic carbocycles. The number of halogens is 3. The smallest absolute Gasteiger partial charge is 0.388 e. The Bertz CT molecular complexity index is 428. The lowest BCUT2D eigenvalue weighted by molar-refractivity contribution is -0.0328. The molecule has 0 heterocycles. The van der Waals surface area contributed by atoms with E-state index in [0.29, 0.717) is 18.4 Å². The molecular weight excluding hydrogens is 261 g/mol. The van der Waals surface area contributed by atoms with Crippen LogP contribution in [0.25, 0.3) is 0 Å². The molecule has 1 rings (SSSR count). The highest BCUT2D eigenvalue weighted by Crippen LogP contribution is 2.37. The fraction of sp³-hybridized carbons (Fsp3) is 0.385. The van der Waals surface area contributed by atoms with Crippen molar-refractivity contribution in [2.45, 2.75) is 36.3 Å². The van der Waals surface area contributed by atoms with Crippen molar-refractivity contribution < 1.29 is 18.3 Å². The first-order valence-corrected chi connectivity index (χ1v) is 6.17. The Kier molecular flexibility index (Phi) is 5.57. The second-order valence-electron chi connectivity index (χ2n) is 3.60. The molecule has 0 aliphatic heterocycles. The SMILES string of the molecule is CC#CCCC(O)c1ccc(SC(F)(F)F)cc1. The quantitative estimate of drug-likeness (QED) is 0.658. The van der Waals surface area contributed by atoms with Crippen molar-refractivity contribution in [1.29, 1.82) is 0 Å². The Hall–Kier alpha value is -1.12. The minimum absolute atomic E-state index is 0.117. The van der Waals surface area contributed by atoms with Gasteiger partial charge in [-0.3, -0.25) is 0 Å². The summed E-state index contributed by atoms with van der Waals surface area (Å²) in [5.74, 6) is 5.55. The topological polar surface area (TPSA) is 20.2 Å². The van der Waals surface area contributed by atoms with Crippen molar-refractivity contribution >= 4 is 11.8 Å². The Labute approximate surface area is 108 Å². The van der Waals surface area contributed by atoms with Gasteiger partial charge in [0.15, 0.2) is 0 Å². The van der Waals surface area contributed by atoms with E-state index in [2.05, 4.69) is 11.8 Å². The molecule has 0 spiro atoms. The zero-order valence-corrected chi connectivity index (χ0v) is 10.6. The Balaban J connectivity index is 2.61. The number of hydrogen-bond acceptors (Lipinski definition) is 2. The van der Waals surface area contributed by atoms with Gasteiger partial charge in [-0.25, -0.2) is 0 Å². The molecule has 0 bridgehead atoms. The van der Waals surface area contributed by atoms with Gasteiger partial charge in [0.2, 0.25) is 0 Å². The number of hydrogen-bond donors (Lipinski definition) is 1. The highest BCUT2D eigenvalue weighted by molar-refractivity contribution is 8.00. The van der Waals surface area contributed by atoms with Gasteiger partial charge in [-0.1, -0.05) is 12.1 Å². The van der Waals surface area contributed by atoms with E-state index in [1.54, 1.807) is 6.92 Å². The molecule has 98 valence electrons. The van der Waals surface area contributed by atoms with E-state index in [1.165, 1.54) is 24.3 Å². The normalized spacial score (nSPS) is 12.7. The molecule has 1 aromatic rings. The standard InChI is InChI=1S/C13H13F3OS/c1-2-3-4-5-12(17)10-6-8-11(9-7-10)18-13(14,15)16/h6-9,12,17H,4-5H2,1H3. The van der Waals surface area contributed by atoms with Gasteiger partial charge in [-0.2, -0.15) is 13.2 Å². The van der Waals surface area contributed by atoms with Crippen LogP contribution < -0.4 is 0 Å². The lowest BCUT2D eigenvalue weighted by Gasteiger charge is -2.10. The molecule has 1 unspecified atom stereocenters. The second kappa shape index (κ2) is 6.72. The second-order valence-corrected chi connectivity index (χ2v) is 4.74. The van der Waals surface area contributed by atoms with E-state index >= 15 is 0 Å². The lowest BCUT2D eigenvalue weighted by Crippen LogP contribution is -2.00. The van der Waals surface area contributed by atoms with Crippen molar-refractivity contribution in [3.8, 4) is 11.8 Å². The number of benzene rings is 1. The van der Waals surface area contributed by atoms with E-state index < -0.39 is 11.6 Å². The van der Waals surface area contributed by atoms with Gasteiger partial charge in [0.25, 0.3) is 0 Å². The molecule has 18 heavy (non-hydrogen) atoms. The largest absolute Gasteiger partial charge is 0.446 e. The van der Waals surface area contributed by atoms with Crippen LogP contribution in [-0.4, -0.2) is 10.6 Å². The third kappa shape index (κ3) is 5.48. The van der Waals surface area contributed by atoms with Crippen LogP contribution in [0, 0.1) is 11.8 Å². The molecule has 0 saturated heterocycles. The van der Waals surface area contributed by atoms with Crippen LogP contribution in [-0.2, 0) is 0 Å². The molecule has 0 amide bonds. The third-order valence-electron chi connectivity index (χ3n) is 2.22. The summed E-state index contributed by atoms with van der Waals surface area (Å²) in [6.07, 6.45) is 0.361. The first kappa shape index (κ1) is 14.9. The van der Waals surface area contributed by atoms with E-state index in [9.17, 15) is 18.3 Å². The molecule has 0 aliphatic rings. The van der Waals surface area contributed by atoms with Crippen LogP contribution in [0.2, 0.25) is 0 Å². The van der Waals surface area contributed by atoms with Crippen LogP contribution in [0.1, 0.15) is 31.4 Å². The van der Waals surface area contributed by atoms with Gasteiger partial charge in [-0.15, -0.1) is 11.8 Å². The van der Waals surface area contributed by atoms with Gasteiger partial charge in [0.1, 0.15) is 0 Å². The maximum absolute atomic E-state index is 12.1. The first-order valence-electron chi connectivity index (χ1n) is 5.36. The number of aliphatic hydroxyl groups excluding tert-OH is 1. The predicted molar refractivity (Wildman–Crippen MR) is 66.0 cm³/mol. The van der Waals surface area contributed by atoms with E-state index in [0.717, 1.165) is 0 Å². The summed E-state index contributed by atoms with van der Waals surface area (Å²) in [6.45, 7) is 1.72. The number of thioether (sulfide) groups is 1. The molecule has 5 heteroatoms. The molecule has 0 aliphatic carbocycles. The molecule has 1 N–H and O–H groups in total. The fourth-order valence-corrected chi connectivity index (χ4v) is 1.93. The van der Waals surface area contributed by atoms with Crippen molar-refractivity contribution in [2.75, 3.05) is 0 Å². The molecule has 0 fully saturated rings. The Morgan fingerprint density at radius 2 is 1.89 bits per heavy atom. The van der Waals surface area contributed by atoms with Crippen LogP contribution >= 0.6 is 11.8 Å². The minimum atomic E-state index is -4.28. The summed E-state index contributed by atoms with van der Waals surface area (Å²) in [5, 5.41) is 9.77. The van der Waals surface area contributed by atoms with Gasteiger partial charge >= 0.3 is 5.51 Å². The highest BCUT2D eigenvalue weighted by atomic mass is 32.2. The van der Waals surface area contributed by atoms with E-state index in [4.69, 9.17) is 0 Å². The summed E-state index contributed by atoms with van der Waals surface area (Å²) >= 11 is -0.161. The zero-order chi connectivity index (χ0) is 13.6. The third-order valence-corrected chi connectivity index (χ3v) is 2.96. The molecule has 0 saturated carbocycles. The Morgan fingerprint density at radius 3 is 2.39 bits per heavy atom. The average molecular weight is 274 g/mol. The van der Waals surface area contributed by atoms with Crippen LogP contribution in [0.3, 0.4) is 0 Å². The molecule has 1 atom stereocenters. The average Bonchev–Trinajstić information content (AvgIpc) is 2.28. The summed E-state index contributed by atoms with van der Waals surface area (Å²) in [7, 11) is 0. The van der Waals surface area contributed by atoms with Crippen molar-refractivity contribution in [1.82, 2.24) is 0 Å². The fourth-order valence-electron chi connectivity index (χ4n) is 1.39. The van der Waals surface area contributed by atoms with Gasteiger partial charge in [0, 0.05) is 11.3 Å². The van der Waals surface area contributed by atoms with E-state index in [1.807, 2.05) is 0 Å². The monoisotopic (exact) mass is 274 g/mol. The minimum Gasteiger partial charge on any atom is -0.388 e. The van der Waals surface area contributed by atoms with E-state index in [-0.39, 0.29) is 16.7 Å². The maximum atomic E-state index is 12.1. The van der Waals surface area contributed by atoms with Crippen LogP contribution in [0.4, 0.5) is 13.2 Å². The van der Waals surface area contributed by atoms with Gasteiger partial charge < -0.3 is 5.11 Å². The summed E-state index contributed by atoms with van der Waals surface area (Å²) < 4.78 is 36.3. The van der Waals surface area contributed by atoms with Gasteiger partial charge in [0.05, 0.1) is 6.10 Å². The Morgan fingerprint density at radius 1 is 1.28 bits per heavy atom. The number of aliphatic hydroxyl groups is 1. The highest BCUT2D eigenvalue weighted by Gasteiger charge is 2.29. The number of rotatable bonds is 4. The van der Waals surface area contributed by atoms with Gasteiger partial charge in [-0.05, 0) is 42.8 Å². The van der Waals surface area contributed by atoms with Crippen molar-refractivity contribution in [3.05, 3.63) is 29.8 Å². The maximum Gasteiger partial charge on any atom is 0.446 e. The van der Waals surface area contributed by atoms with Crippen LogP contribution in [0.5, 0.6) is 0 Å². The summed E-state index contributed by atoms with van der Waals surface area (Å²) in [4.78, 5) is 0.117. The van der Waals surface area contributed by atoms with Crippen molar-refractivity contribution in [2.24, 2.45) is 0 Å². The van der Waals surface area contributed by atoms with Crippen molar-refractivity contribution in [3.63, 3.8) is 0 Å². The summed E-state index contributed by atoms with van der Waals surface area (Å²) in [6, 6.07) is 5.75.